The zero-order valence-electron chi connectivity index (χ0n) is 9.00. The van der Waals surface area contributed by atoms with Crippen molar-refractivity contribution >= 4 is 12.3 Å². The highest BCUT2D eigenvalue weighted by Gasteiger charge is 2.25. The molecule has 0 aromatic heterocycles. The molecule has 0 aromatic carbocycles. The summed E-state index contributed by atoms with van der Waals surface area (Å²) in [6, 6.07) is 0. The van der Waals surface area contributed by atoms with Crippen LogP contribution in [0.4, 0.5) is 0 Å². The SMILES string of the molecule is C1CC2=C(C1)C2.O=CCCCCC(=O)O. The minimum Gasteiger partial charge on any atom is -0.481 e. The lowest BCUT2D eigenvalue weighted by Gasteiger charge is -1.89. The summed E-state index contributed by atoms with van der Waals surface area (Å²) in [5.74, 6) is -0.791. The van der Waals surface area contributed by atoms with Crippen molar-refractivity contribution in [2.75, 3.05) is 0 Å². The van der Waals surface area contributed by atoms with Crippen LogP contribution in [0.2, 0.25) is 0 Å². The first kappa shape index (κ1) is 12.0. The van der Waals surface area contributed by atoms with Gasteiger partial charge < -0.3 is 9.90 Å². The van der Waals surface area contributed by atoms with Crippen molar-refractivity contribution in [3.8, 4) is 0 Å². The van der Waals surface area contributed by atoms with Crippen molar-refractivity contribution in [2.45, 2.75) is 51.4 Å². The van der Waals surface area contributed by atoms with Crippen LogP contribution in [0.15, 0.2) is 11.1 Å². The minimum atomic E-state index is -0.791. The van der Waals surface area contributed by atoms with Crippen LogP contribution >= 0.6 is 0 Å². The molecule has 0 spiro atoms. The van der Waals surface area contributed by atoms with Crippen molar-refractivity contribution < 1.29 is 14.7 Å². The number of aldehydes is 1. The van der Waals surface area contributed by atoms with Gasteiger partial charge in [-0.1, -0.05) is 11.1 Å². The van der Waals surface area contributed by atoms with Gasteiger partial charge in [0.2, 0.25) is 0 Å². The molecule has 2 aliphatic carbocycles. The third kappa shape index (κ3) is 5.35. The molecular weight excluding hydrogens is 192 g/mol. The average Bonchev–Trinajstić information content (AvgIpc) is 2.82. The number of carbonyl (C=O) groups excluding carboxylic acids is 1. The molecule has 0 atom stereocenters. The average molecular weight is 210 g/mol. The Morgan fingerprint density at radius 2 is 1.93 bits per heavy atom. The summed E-state index contributed by atoms with van der Waals surface area (Å²) in [7, 11) is 0. The molecule has 0 aliphatic heterocycles. The van der Waals surface area contributed by atoms with Crippen molar-refractivity contribution in [1.82, 2.24) is 0 Å². The maximum Gasteiger partial charge on any atom is 0.303 e. The molecule has 0 aromatic rings. The van der Waals surface area contributed by atoms with Crippen LogP contribution in [0.25, 0.3) is 0 Å². The van der Waals surface area contributed by atoms with Gasteiger partial charge in [-0.25, -0.2) is 0 Å². The maximum atomic E-state index is 9.87. The zero-order chi connectivity index (χ0) is 11.1. The Morgan fingerprint density at radius 3 is 2.27 bits per heavy atom. The summed E-state index contributed by atoms with van der Waals surface area (Å²) < 4.78 is 0. The molecular formula is C12H18O3. The number of rotatable bonds is 5. The molecule has 0 fully saturated rings. The monoisotopic (exact) mass is 210 g/mol. The standard InChI is InChI=1S/C6H10O3.C6H8/c7-5-3-1-2-4-6(8)9;1-2-5-4-6(5)3-1/h5H,1-4H2,(H,8,9);1-4H2. The molecule has 0 amide bonds. The molecule has 0 heterocycles. The first-order chi connectivity index (χ1) is 7.24. The van der Waals surface area contributed by atoms with Crippen LogP contribution in [0.1, 0.15) is 51.4 Å². The number of hydrogen-bond acceptors (Lipinski definition) is 2. The molecule has 15 heavy (non-hydrogen) atoms. The Balaban J connectivity index is 0.000000158. The predicted octanol–water partition coefficient (Wildman–Crippen LogP) is 2.70. The Bertz CT molecular complexity index is 254. The van der Waals surface area contributed by atoms with Crippen molar-refractivity contribution in [3.05, 3.63) is 11.1 Å². The zero-order valence-corrected chi connectivity index (χ0v) is 9.00. The van der Waals surface area contributed by atoms with E-state index in [0.29, 0.717) is 19.3 Å². The summed E-state index contributed by atoms with van der Waals surface area (Å²) in [5.41, 5.74) is 3.57. The lowest BCUT2D eigenvalue weighted by Crippen LogP contribution is -1.93. The van der Waals surface area contributed by atoms with Crippen molar-refractivity contribution in [2.24, 2.45) is 0 Å². The number of carboxylic acid groups (broad SMARTS) is 1. The highest BCUT2D eigenvalue weighted by atomic mass is 16.4. The number of aliphatic carboxylic acids is 1. The predicted molar refractivity (Wildman–Crippen MR) is 57.7 cm³/mol. The number of allylic oxidation sites excluding steroid dienone is 2. The first-order valence-electron chi connectivity index (χ1n) is 5.59. The van der Waals surface area contributed by atoms with E-state index < -0.39 is 5.97 Å². The first-order valence-corrected chi connectivity index (χ1v) is 5.59. The van der Waals surface area contributed by atoms with Gasteiger partial charge in [0.15, 0.2) is 0 Å². The van der Waals surface area contributed by atoms with Gasteiger partial charge in [0.25, 0.3) is 0 Å². The summed E-state index contributed by atoms with van der Waals surface area (Å²) in [5, 5.41) is 8.12. The second-order valence-corrected chi connectivity index (χ2v) is 4.04. The number of carbonyl (C=O) groups is 2. The third-order valence-electron chi connectivity index (χ3n) is 2.72. The second-order valence-electron chi connectivity index (χ2n) is 4.04. The fourth-order valence-corrected chi connectivity index (χ4v) is 1.76. The summed E-state index contributed by atoms with van der Waals surface area (Å²) in [4.78, 5) is 19.6. The van der Waals surface area contributed by atoms with E-state index in [2.05, 4.69) is 0 Å². The fourth-order valence-electron chi connectivity index (χ4n) is 1.76. The van der Waals surface area contributed by atoms with Crippen LogP contribution in [0.5, 0.6) is 0 Å². The van der Waals surface area contributed by atoms with Crippen LogP contribution in [0, 0.1) is 0 Å². The van der Waals surface area contributed by atoms with E-state index in [1.54, 1.807) is 11.1 Å². The lowest BCUT2D eigenvalue weighted by molar-refractivity contribution is -0.137. The van der Waals surface area contributed by atoms with Crippen molar-refractivity contribution in [1.29, 1.82) is 0 Å². The van der Waals surface area contributed by atoms with Crippen LogP contribution in [-0.2, 0) is 9.59 Å². The Morgan fingerprint density at radius 1 is 1.27 bits per heavy atom. The van der Waals surface area contributed by atoms with Gasteiger partial charge in [0, 0.05) is 12.8 Å². The van der Waals surface area contributed by atoms with Gasteiger partial charge in [-0.15, -0.1) is 0 Å². The molecule has 0 unspecified atom stereocenters. The normalized spacial score (nSPS) is 16.5. The Kier molecular flexibility index (Phi) is 5.08. The molecule has 2 aliphatic rings. The van der Waals surface area contributed by atoms with Crippen LogP contribution < -0.4 is 0 Å². The molecule has 0 saturated carbocycles. The highest BCUT2D eigenvalue weighted by molar-refractivity contribution is 5.66. The topological polar surface area (TPSA) is 54.4 Å². The quantitative estimate of drug-likeness (QED) is 0.431. The van der Waals surface area contributed by atoms with E-state index in [4.69, 9.17) is 5.11 Å². The summed E-state index contributed by atoms with van der Waals surface area (Å²) >= 11 is 0. The van der Waals surface area contributed by atoms with E-state index in [1.807, 2.05) is 0 Å². The lowest BCUT2D eigenvalue weighted by atomic mass is 10.2. The van der Waals surface area contributed by atoms with Gasteiger partial charge in [0.1, 0.15) is 6.29 Å². The summed E-state index contributed by atoms with van der Waals surface area (Å²) in [6.45, 7) is 0. The van der Waals surface area contributed by atoms with E-state index >= 15 is 0 Å². The molecule has 0 saturated heterocycles. The maximum absolute atomic E-state index is 9.87. The number of carboxylic acids is 1. The van der Waals surface area contributed by atoms with Gasteiger partial charge >= 0.3 is 5.97 Å². The van der Waals surface area contributed by atoms with Crippen molar-refractivity contribution in [3.63, 3.8) is 0 Å². The molecule has 0 bridgehead atoms. The molecule has 2 rings (SSSR count). The van der Waals surface area contributed by atoms with E-state index in [9.17, 15) is 9.59 Å². The number of hydrogen-bond donors (Lipinski definition) is 1. The fraction of sp³-hybridized carbons (Fsp3) is 0.667. The summed E-state index contributed by atoms with van der Waals surface area (Å²) in [6.07, 6.45) is 8.52. The third-order valence-corrected chi connectivity index (χ3v) is 2.72. The van der Waals surface area contributed by atoms with Gasteiger partial charge in [-0.2, -0.15) is 0 Å². The molecule has 0 radical (unpaired) electrons. The van der Waals surface area contributed by atoms with E-state index in [-0.39, 0.29) is 6.42 Å². The highest BCUT2D eigenvalue weighted by Crippen LogP contribution is 2.44. The van der Waals surface area contributed by atoms with Crippen LogP contribution in [0.3, 0.4) is 0 Å². The molecule has 84 valence electrons. The second kappa shape index (κ2) is 6.38. The number of unbranched alkanes of at least 4 members (excludes halogenated alkanes) is 2. The van der Waals surface area contributed by atoms with E-state index in [0.717, 1.165) is 6.29 Å². The largest absolute Gasteiger partial charge is 0.481 e. The van der Waals surface area contributed by atoms with Crippen LogP contribution in [-0.4, -0.2) is 17.4 Å². The molecule has 3 heteroatoms. The smallest absolute Gasteiger partial charge is 0.303 e. The Hall–Kier alpha value is -1.12. The van der Waals surface area contributed by atoms with Gasteiger partial charge in [-0.3, -0.25) is 4.79 Å². The minimum absolute atomic E-state index is 0.174. The molecule has 1 N–H and O–H groups in total. The molecule has 3 nitrogen and oxygen atoms in total. The van der Waals surface area contributed by atoms with Gasteiger partial charge in [0.05, 0.1) is 0 Å². The van der Waals surface area contributed by atoms with Gasteiger partial charge in [-0.05, 0) is 38.5 Å². The van der Waals surface area contributed by atoms with E-state index in [1.165, 1.54) is 25.7 Å². The Labute approximate surface area is 90.2 Å².